The van der Waals surface area contributed by atoms with Gasteiger partial charge in [-0.2, -0.15) is 0 Å². The Bertz CT molecular complexity index is 153. The molecule has 0 heterocycles. The molecule has 70 valence electrons. The molecule has 0 fully saturated rings. The molecular formula is C4H10KLiO7. The van der Waals surface area contributed by atoms with Crippen LogP contribution >= 0.6 is 0 Å². The summed E-state index contributed by atoms with van der Waals surface area (Å²) < 4.78 is 0. The van der Waals surface area contributed by atoms with Crippen molar-refractivity contribution in [3.05, 3.63) is 0 Å². The predicted molar refractivity (Wildman–Crippen MR) is 33.1 cm³/mol. The summed E-state index contributed by atoms with van der Waals surface area (Å²) in [5.74, 6) is -3.54. The minimum atomic E-state index is -2.27. The summed E-state index contributed by atoms with van der Waals surface area (Å²) in [6.45, 7) is 0. The number of carboxylic acid groups (broad SMARTS) is 2. The molecule has 7 nitrogen and oxygen atoms in total. The van der Waals surface area contributed by atoms with Crippen molar-refractivity contribution in [2.45, 2.75) is 12.2 Å². The molecule has 0 saturated heterocycles. The van der Waals surface area contributed by atoms with Crippen LogP contribution in [0.15, 0.2) is 0 Å². The number of carbonyl (C=O) groups is 2. The summed E-state index contributed by atoms with van der Waals surface area (Å²) in [7, 11) is 0. The summed E-state index contributed by atoms with van der Waals surface area (Å²) in [4.78, 5) is 19.5. The molecule has 0 bridgehead atoms. The van der Waals surface area contributed by atoms with Gasteiger partial charge in [0.25, 0.3) is 0 Å². The number of aliphatic hydroxyl groups is 2. The largest absolute Gasteiger partial charge is 1.00 e. The monoisotopic (exact) mass is 216 g/mol. The van der Waals surface area contributed by atoms with Crippen LogP contribution < -0.4 is 70.2 Å². The van der Waals surface area contributed by atoms with Crippen molar-refractivity contribution in [2.24, 2.45) is 0 Å². The first-order valence-electron chi connectivity index (χ1n) is 2.28. The molecule has 0 amide bonds. The first kappa shape index (κ1) is 23.7. The second kappa shape index (κ2) is 11.1. The van der Waals surface area contributed by atoms with E-state index in [1.54, 1.807) is 0 Å². The molecule has 0 radical (unpaired) electrons. The third-order valence-electron chi connectivity index (χ3n) is 0.805. The van der Waals surface area contributed by atoms with Crippen LogP contribution in [-0.4, -0.2) is 50.0 Å². The Labute approximate surface area is 131 Å². The van der Waals surface area contributed by atoms with E-state index in [2.05, 4.69) is 0 Å². The number of hydrogen-bond acceptors (Lipinski definition) is 4. The third-order valence-corrected chi connectivity index (χ3v) is 0.805. The van der Waals surface area contributed by atoms with Crippen LogP contribution in [0.2, 0.25) is 0 Å². The average molecular weight is 216 g/mol. The molecular weight excluding hydrogens is 206 g/mol. The van der Waals surface area contributed by atoms with Gasteiger partial charge in [0.15, 0.2) is 12.2 Å². The molecule has 2 unspecified atom stereocenters. The Morgan fingerprint density at radius 1 is 1.00 bits per heavy atom. The normalized spacial score (nSPS) is 12.2. The molecule has 0 aliphatic rings. The molecule has 0 aromatic heterocycles. The van der Waals surface area contributed by atoms with Gasteiger partial charge >= 0.3 is 82.2 Å². The summed E-state index contributed by atoms with van der Waals surface area (Å²) in [6.07, 6.45) is -4.53. The molecule has 6 N–H and O–H groups in total. The van der Waals surface area contributed by atoms with Gasteiger partial charge in [0.1, 0.15) is 0 Å². The van der Waals surface area contributed by atoms with Gasteiger partial charge in [0.05, 0.1) is 0 Å². The van der Waals surface area contributed by atoms with Crippen molar-refractivity contribution in [1.29, 1.82) is 0 Å². The Kier molecular flexibility index (Phi) is 20.3. The predicted octanol–water partition coefficient (Wildman–Crippen LogP) is -8.71. The summed E-state index contributed by atoms with van der Waals surface area (Å²) in [5, 5.41) is 32.5. The van der Waals surface area contributed by atoms with Gasteiger partial charge < -0.3 is 28.8 Å². The van der Waals surface area contributed by atoms with E-state index in [9.17, 15) is 9.59 Å². The maximum Gasteiger partial charge on any atom is 1.00 e. The molecule has 9 heteroatoms. The average Bonchev–Trinajstić information content (AvgIpc) is 1.84. The molecule has 0 rings (SSSR count). The van der Waals surface area contributed by atoms with E-state index in [-0.39, 0.29) is 78.6 Å². The van der Waals surface area contributed by atoms with E-state index in [0.29, 0.717) is 0 Å². The standard InChI is InChI=1S/C4H6O6.K.Li.H2O.2H/c5-1(3(7)8)2(6)4(9)10;;;;;/h1-2,5-6H,(H,7,8)(H,9,10);;;1H2;;/q;2*+1;;2*-1. The van der Waals surface area contributed by atoms with Crippen molar-refractivity contribution >= 4 is 11.9 Å². The van der Waals surface area contributed by atoms with Crippen LogP contribution in [0.5, 0.6) is 0 Å². The van der Waals surface area contributed by atoms with Gasteiger partial charge in [-0.05, 0) is 0 Å². The first-order valence-corrected chi connectivity index (χ1v) is 2.28. The maximum absolute atomic E-state index is 9.77. The Balaban J connectivity index is -0.0000000405. The number of rotatable bonds is 3. The van der Waals surface area contributed by atoms with E-state index >= 15 is 0 Å². The SMILES string of the molecule is O.O=C(O)C(O)C(O)C(=O)O.[H-].[H-].[K+].[Li+]. The van der Waals surface area contributed by atoms with E-state index in [1.165, 1.54) is 0 Å². The number of carboxylic acids is 2. The van der Waals surface area contributed by atoms with Crippen molar-refractivity contribution < 1.29 is 109 Å². The van der Waals surface area contributed by atoms with Gasteiger partial charge in [0.2, 0.25) is 0 Å². The van der Waals surface area contributed by atoms with Crippen molar-refractivity contribution in [2.75, 3.05) is 0 Å². The Hall–Kier alpha value is 1.05. The van der Waals surface area contributed by atoms with Gasteiger partial charge in [0, 0.05) is 0 Å². The zero-order chi connectivity index (χ0) is 8.31. The van der Waals surface area contributed by atoms with E-state index in [0.717, 1.165) is 0 Å². The fourth-order valence-corrected chi connectivity index (χ4v) is 0.270. The third kappa shape index (κ3) is 9.36. The fourth-order valence-electron chi connectivity index (χ4n) is 0.270. The minimum Gasteiger partial charge on any atom is -1.00 e. The van der Waals surface area contributed by atoms with E-state index < -0.39 is 24.1 Å². The van der Waals surface area contributed by atoms with Gasteiger partial charge in [-0.25, -0.2) is 9.59 Å². The van der Waals surface area contributed by atoms with Crippen molar-refractivity contribution in [3.63, 3.8) is 0 Å². The van der Waals surface area contributed by atoms with Gasteiger partial charge in [-0.3, -0.25) is 0 Å². The van der Waals surface area contributed by atoms with Gasteiger partial charge in [-0.1, -0.05) is 0 Å². The van der Waals surface area contributed by atoms with Crippen LogP contribution in [-0.2, 0) is 9.59 Å². The molecule has 0 aliphatic carbocycles. The van der Waals surface area contributed by atoms with Gasteiger partial charge in [-0.15, -0.1) is 0 Å². The molecule has 2 atom stereocenters. The Morgan fingerprint density at radius 3 is 1.23 bits per heavy atom. The molecule has 0 aromatic rings. The molecule has 0 saturated carbocycles. The first-order chi connectivity index (χ1) is 4.46. The number of aliphatic carboxylic acids is 2. The van der Waals surface area contributed by atoms with Crippen LogP contribution in [0.4, 0.5) is 0 Å². The second-order valence-corrected chi connectivity index (χ2v) is 1.57. The summed E-state index contributed by atoms with van der Waals surface area (Å²) >= 11 is 0. The topological polar surface area (TPSA) is 147 Å². The minimum absolute atomic E-state index is 0. The van der Waals surface area contributed by atoms with Crippen LogP contribution in [0.1, 0.15) is 2.85 Å². The Morgan fingerprint density at radius 2 is 1.15 bits per heavy atom. The fraction of sp³-hybridized carbons (Fsp3) is 0.500. The number of aliphatic hydroxyl groups excluding tert-OH is 2. The second-order valence-electron chi connectivity index (χ2n) is 1.57. The van der Waals surface area contributed by atoms with E-state index in [1.807, 2.05) is 0 Å². The number of hydrogen-bond donors (Lipinski definition) is 4. The molecule has 0 spiro atoms. The molecule has 0 aromatic carbocycles. The smallest absolute Gasteiger partial charge is 1.00 e. The quantitative estimate of drug-likeness (QED) is 0.344. The van der Waals surface area contributed by atoms with Crippen LogP contribution in [0.3, 0.4) is 0 Å². The van der Waals surface area contributed by atoms with E-state index in [4.69, 9.17) is 20.4 Å². The van der Waals surface area contributed by atoms with Crippen LogP contribution in [0.25, 0.3) is 0 Å². The van der Waals surface area contributed by atoms with Crippen molar-refractivity contribution in [3.8, 4) is 0 Å². The zero-order valence-corrected chi connectivity index (χ0v) is 10.4. The summed E-state index contributed by atoms with van der Waals surface area (Å²) in [6, 6.07) is 0. The summed E-state index contributed by atoms with van der Waals surface area (Å²) in [5.41, 5.74) is 0. The molecule has 13 heavy (non-hydrogen) atoms. The van der Waals surface area contributed by atoms with Crippen molar-refractivity contribution in [1.82, 2.24) is 0 Å². The molecule has 0 aliphatic heterocycles. The zero-order valence-electron chi connectivity index (χ0n) is 9.26. The maximum atomic E-state index is 9.77. The van der Waals surface area contributed by atoms with Crippen LogP contribution in [0, 0.1) is 0 Å².